The van der Waals surface area contributed by atoms with Crippen LogP contribution >= 0.6 is 15.9 Å². The molecule has 1 aliphatic heterocycles. The van der Waals surface area contributed by atoms with Crippen molar-refractivity contribution in [3.8, 4) is 5.75 Å². The molecule has 1 heterocycles. The summed E-state index contributed by atoms with van der Waals surface area (Å²) in [5.74, 6) is 0.502. The van der Waals surface area contributed by atoms with Gasteiger partial charge in [0.2, 0.25) is 0 Å². The first-order chi connectivity index (χ1) is 7.22. The van der Waals surface area contributed by atoms with Crippen LogP contribution in [0, 0.1) is 5.82 Å². The molecule has 0 radical (unpaired) electrons. The topological polar surface area (TPSA) is 21.3 Å². The van der Waals surface area contributed by atoms with Gasteiger partial charge in [-0.25, -0.2) is 4.39 Å². The van der Waals surface area contributed by atoms with Gasteiger partial charge in [0.15, 0.2) is 0 Å². The fourth-order valence-electron chi connectivity index (χ4n) is 2.00. The van der Waals surface area contributed by atoms with Gasteiger partial charge in [-0.15, -0.1) is 0 Å². The van der Waals surface area contributed by atoms with E-state index in [0.29, 0.717) is 4.47 Å². The molecule has 82 valence electrons. The van der Waals surface area contributed by atoms with Crippen molar-refractivity contribution in [1.29, 1.82) is 0 Å². The highest BCUT2D eigenvalue weighted by atomic mass is 79.9. The summed E-state index contributed by atoms with van der Waals surface area (Å²) in [7, 11) is 1.61. The number of hydrogen-bond donors (Lipinski definition) is 1. The van der Waals surface area contributed by atoms with Crippen molar-refractivity contribution >= 4 is 15.9 Å². The highest BCUT2D eigenvalue weighted by molar-refractivity contribution is 9.10. The lowest BCUT2D eigenvalue weighted by atomic mass is 10.0. The van der Waals surface area contributed by atoms with E-state index in [9.17, 15) is 4.39 Å². The van der Waals surface area contributed by atoms with Gasteiger partial charge < -0.3 is 10.1 Å². The van der Waals surface area contributed by atoms with E-state index in [1.54, 1.807) is 13.2 Å². The second-order valence-corrected chi connectivity index (χ2v) is 4.51. The summed E-state index contributed by atoms with van der Waals surface area (Å²) >= 11 is 3.31. The molecule has 1 N–H and O–H groups in total. The van der Waals surface area contributed by atoms with Crippen molar-refractivity contribution in [2.75, 3.05) is 13.7 Å². The molecule has 2 nitrogen and oxygen atoms in total. The van der Waals surface area contributed by atoms with E-state index in [-0.39, 0.29) is 11.9 Å². The third kappa shape index (κ3) is 2.16. The number of methoxy groups -OCH3 is 1. The van der Waals surface area contributed by atoms with Crippen molar-refractivity contribution < 1.29 is 9.13 Å². The predicted octanol–water partition coefficient (Wildman–Crippen LogP) is 3.02. The Hall–Kier alpha value is -0.610. The molecule has 0 spiro atoms. The van der Waals surface area contributed by atoms with E-state index < -0.39 is 0 Å². The van der Waals surface area contributed by atoms with Gasteiger partial charge in [-0.05, 0) is 47.4 Å². The minimum absolute atomic E-state index is 0.215. The number of rotatable bonds is 2. The first-order valence-corrected chi connectivity index (χ1v) is 5.78. The molecule has 2 rings (SSSR count). The average molecular weight is 274 g/mol. The highest BCUT2D eigenvalue weighted by Crippen LogP contribution is 2.36. The fourth-order valence-corrected chi connectivity index (χ4v) is 2.61. The predicted molar refractivity (Wildman–Crippen MR) is 60.6 cm³/mol. The van der Waals surface area contributed by atoms with E-state index in [1.807, 2.05) is 0 Å². The summed E-state index contributed by atoms with van der Waals surface area (Å²) in [6, 6.07) is 3.19. The van der Waals surface area contributed by atoms with Crippen LogP contribution in [0.3, 0.4) is 0 Å². The second kappa shape index (κ2) is 4.49. The van der Waals surface area contributed by atoms with E-state index >= 15 is 0 Å². The standard InChI is InChI=1S/C11H13BrFNO/c1-15-11-8(10-3-2-4-14-10)5-7(13)6-9(11)12/h5-6,10,14H,2-4H2,1H3. The summed E-state index contributed by atoms with van der Waals surface area (Å²) in [5.41, 5.74) is 0.905. The van der Waals surface area contributed by atoms with Gasteiger partial charge in [0.1, 0.15) is 11.6 Å². The van der Waals surface area contributed by atoms with Crippen molar-refractivity contribution in [2.24, 2.45) is 0 Å². The molecule has 0 aromatic heterocycles. The van der Waals surface area contributed by atoms with Crippen LogP contribution in [0.2, 0.25) is 0 Å². The number of ether oxygens (including phenoxy) is 1. The van der Waals surface area contributed by atoms with Gasteiger partial charge in [-0.1, -0.05) is 0 Å². The lowest BCUT2D eigenvalue weighted by molar-refractivity contribution is 0.399. The van der Waals surface area contributed by atoms with Crippen LogP contribution in [0.4, 0.5) is 4.39 Å². The Morgan fingerprint density at radius 1 is 1.53 bits per heavy atom. The molecule has 4 heteroatoms. The molecule has 1 saturated heterocycles. The van der Waals surface area contributed by atoms with Gasteiger partial charge in [-0.2, -0.15) is 0 Å². The Balaban J connectivity index is 2.42. The molecule has 1 aromatic carbocycles. The number of nitrogens with one attached hydrogen (secondary N) is 1. The number of halogens is 2. The molecule has 0 bridgehead atoms. The zero-order valence-corrected chi connectivity index (χ0v) is 10.1. The van der Waals surface area contributed by atoms with Crippen LogP contribution in [0.5, 0.6) is 5.75 Å². The maximum Gasteiger partial charge on any atom is 0.138 e. The normalized spacial score (nSPS) is 20.6. The monoisotopic (exact) mass is 273 g/mol. The van der Waals surface area contributed by atoms with E-state index in [4.69, 9.17) is 4.74 Å². The molecule has 0 amide bonds. The molecule has 1 aliphatic rings. The van der Waals surface area contributed by atoms with Crippen LogP contribution in [0.25, 0.3) is 0 Å². The Labute approximate surface area is 96.9 Å². The Bertz CT molecular complexity index is 364. The molecule has 1 unspecified atom stereocenters. The number of hydrogen-bond acceptors (Lipinski definition) is 2. The largest absolute Gasteiger partial charge is 0.495 e. The molecule has 0 saturated carbocycles. The zero-order valence-electron chi connectivity index (χ0n) is 8.52. The second-order valence-electron chi connectivity index (χ2n) is 3.66. The fraction of sp³-hybridized carbons (Fsp3) is 0.455. The van der Waals surface area contributed by atoms with Crippen LogP contribution in [0.1, 0.15) is 24.4 Å². The molecular weight excluding hydrogens is 261 g/mol. The summed E-state index contributed by atoms with van der Waals surface area (Å²) in [4.78, 5) is 0. The summed E-state index contributed by atoms with van der Waals surface area (Å²) in [5, 5.41) is 3.33. The quantitative estimate of drug-likeness (QED) is 0.895. The Morgan fingerprint density at radius 3 is 2.93 bits per heavy atom. The Kier molecular flexibility index (Phi) is 3.26. The van der Waals surface area contributed by atoms with E-state index in [2.05, 4.69) is 21.2 Å². The van der Waals surface area contributed by atoms with Crippen molar-refractivity contribution in [3.05, 3.63) is 28.0 Å². The first-order valence-electron chi connectivity index (χ1n) is 4.98. The van der Waals surface area contributed by atoms with Gasteiger partial charge in [0, 0.05) is 11.6 Å². The third-order valence-electron chi connectivity index (χ3n) is 2.68. The first kappa shape index (κ1) is 10.9. The Morgan fingerprint density at radius 2 is 2.33 bits per heavy atom. The van der Waals surface area contributed by atoms with Crippen LogP contribution in [-0.2, 0) is 0 Å². The minimum atomic E-state index is -0.230. The summed E-state index contributed by atoms with van der Waals surface area (Å²) in [6.45, 7) is 0.988. The molecule has 1 aromatic rings. The van der Waals surface area contributed by atoms with Gasteiger partial charge >= 0.3 is 0 Å². The number of benzene rings is 1. The maximum absolute atomic E-state index is 13.3. The summed E-state index contributed by atoms with van der Waals surface area (Å²) < 4.78 is 19.2. The zero-order chi connectivity index (χ0) is 10.8. The molecular formula is C11H13BrFNO. The van der Waals surface area contributed by atoms with Crippen molar-refractivity contribution in [2.45, 2.75) is 18.9 Å². The van der Waals surface area contributed by atoms with Gasteiger partial charge in [-0.3, -0.25) is 0 Å². The smallest absolute Gasteiger partial charge is 0.138 e. The summed E-state index contributed by atoms with van der Waals surface area (Å²) in [6.07, 6.45) is 2.16. The van der Waals surface area contributed by atoms with Gasteiger partial charge in [0.25, 0.3) is 0 Å². The third-order valence-corrected chi connectivity index (χ3v) is 3.27. The van der Waals surface area contributed by atoms with Crippen LogP contribution in [-0.4, -0.2) is 13.7 Å². The van der Waals surface area contributed by atoms with E-state index in [1.165, 1.54) is 6.07 Å². The van der Waals surface area contributed by atoms with Crippen molar-refractivity contribution in [3.63, 3.8) is 0 Å². The average Bonchev–Trinajstić information content (AvgIpc) is 2.69. The molecule has 15 heavy (non-hydrogen) atoms. The van der Waals surface area contributed by atoms with Crippen LogP contribution in [0.15, 0.2) is 16.6 Å². The molecule has 1 fully saturated rings. The minimum Gasteiger partial charge on any atom is -0.495 e. The van der Waals surface area contributed by atoms with Gasteiger partial charge in [0.05, 0.1) is 11.6 Å². The van der Waals surface area contributed by atoms with Crippen molar-refractivity contribution in [1.82, 2.24) is 5.32 Å². The lowest BCUT2D eigenvalue weighted by Crippen LogP contribution is -2.14. The lowest BCUT2D eigenvalue weighted by Gasteiger charge is -2.16. The van der Waals surface area contributed by atoms with Crippen LogP contribution < -0.4 is 10.1 Å². The van der Waals surface area contributed by atoms with E-state index in [0.717, 1.165) is 30.7 Å². The molecule has 1 atom stereocenters. The highest BCUT2D eigenvalue weighted by Gasteiger charge is 2.22. The maximum atomic E-state index is 13.3. The molecule has 0 aliphatic carbocycles. The SMILES string of the molecule is COc1c(Br)cc(F)cc1C1CCCN1.